The van der Waals surface area contributed by atoms with Crippen molar-refractivity contribution in [2.24, 2.45) is 30.7 Å². The van der Waals surface area contributed by atoms with Crippen LogP contribution in [0.4, 0.5) is 0 Å². The first-order valence-electron chi connectivity index (χ1n) is 15.7. The molecule has 3 heterocycles. The van der Waals surface area contributed by atoms with Crippen molar-refractivity contribution in [3.05, 3.63) is 107 Å². The third kappa shape index (κ3) is 4.21. The number of fused-ring (bicyclic) bond motifs is 4. The molecule has 1 aliphatic carbocycles. The van der Waals surface area contributed by atoms with Gasteiger partial charge in [0.1, 0.15) is 6.10 Å². The highest BCUT2D eigenvalue weighted by atomic mass is 16.5. The van der Waals surface area contributed by atoms with Crippen molar-refractivity contribution >= 4 is 27.8 Å². The van der Waals surface area contributed by atoms with Crippen molar-refractivity contribution in [3.63, 3.8) is 0 Å². The van der Waals surface area contributed by atoms with E-state index in [4.69, 9.17) is 4.74 Å². The molecule has 0 bridgehead atoms. The van der Waals surface area contributed by atoms with E-state index >= 15 is 0 Å². The minimum Gasteiger partial charge on any atom is -0.462 e. The molecule has 4 nitrogen and oxygen atoms in total. The van der Waals surface area contributed by atoms with E-state index in [0.29, 0.717) is 17.8 Å². The van der Waals surface area contributed by atoms with Gasteiger partial charge in [-0.15, -0.1) is 0 Å². The van der Waals surface area contributed by atoms with Crippen LogP contribution in [0.25, 0.3) is 21.8 Å². The molecular formula is C38H42N2O2. The molecule has 0 unspecified atom stereocenters. The van der Waals surface area contributed by atoms with Gasteiger partial charge in [0, 0.05) is 52.2 Å². The van der Waals surface area contributed by atoms with Gasteiger partial charge in [0.25, 0.3) is 0 Å². The number of para-hydroxylation sites is 2. The second-order valence-electron chi connectivity index (χ2n) is 13.3. The maximum atomic E-state index is 14.9. The van der Waals surface area contributed by atoms with E-state index in [1.807, 2.05) is 0 Å². The van der Waals surface area contributed by atoms with E-state index in [-0.39, 0.29) is 30.0 Å². The lowest BCUT2D eigenvalue weighted by atomic mass is 9.75. The molecule has 0 N–H and O–H groups in total. The van der Waals surface area contributed by atoms with Crippen LogP contribution in [0.15, 0.2) is 85.1 Å². The minimum absolute atomic E-state index is 0.0383. The van der Waals surface area contributed by atoms with E-state index in [1.165, 1.54) is 50.6 Å². The Balaban J connectivity index is 1.45. The van der Waals surface area contributed by atoms with Crippen molar-refractivity contribution in [1.29, 1.82) is 0 Å². The highest BCUT2D eigenvalue weighted by molar-refractivity contribution is 5.91. The molecule has 4 heteroatoms. The molecule has 0 radical (unpaired) electrons. The van der Waals surface area contributed by atoms with Crippen molar-refractivity contribution < 1.29 is 9.53 Å². The smallest absolute Gasteiger partial charge is 0.312 e. The standard InChI is InChI=1S/C38H42N2O2/c1-23(2)27-20-19-24(3)21-33(27)42-38(41)35-34(26-13-7-6-8-14-26)36-25(4)28-15-9-12-18-32(28)40(36)37(35)30-22-39(5)31-17-11-10-16-29(30)31/h6-18,22-24,27,33-35,37H,19-21H2,1-5H3/t24-,27+,33-,34-,35-,37+/m1/s1. The number of benzene rings is 3. The number of nitrogens with zero attached hydrogens (tertiary/aromatic N) is 2. The molecule has 5 aromatic rings. The molecule has 216 valence electrons. The van der Waals surface area contributed by atoms with Crippen LogP contribution in [-0.2, 0) is 16.6 Å². The van der Waals surface area contributed by atoms with Gasteiger partial charge in [0.05, 0.1) is 12.0 Å². The van der Waals surface area contributed by atoms with E-state index in [9.17, 15) is 4.79 Å². The largest absolute Gasteiger partial charge is 0.462 e. The summed E-state index contributed by atoms with van der Waals surface area (Å²) in [6, 6.07) is 27.7. The van der Waals surface area contributed by atoms with Gasteiger partial charge in [0.2, 0.25) is 0 Å². The van der Waals surface area contributed by atoms with Crippen LogP contribution in [0.1, 0.15) is 74.4 Å². The highest BCUT2D eigenvalue weighted by Gasteiger charge is 2.51. The van der Waals surface area contributed by atoms with Crippen molar-refractivity contribution in [1.82, 2.24) is 9.13 Å². The van der Waals surface area contributed by atoms with Crippen LogP contribution < -0.4 is 0 Å². The Kier molecular flexibility index (Phi) is 6.76. The van der Waals surface area contributed by atoms with Crippen LogP contribution in [0, 0.1) is 30.6 Å². The van der Waals surface area contributed by atoms with E-state index in [2.05, 4.69) is 129 Å². The third-order valence-electron chi connectivity index (χ3n) is 10.4. The molecule has 2 aromatic heterocycles. The average Bonchev–Trinajstić information content (AvgIpc) is 3.61. The normalized spacial score (nSPS) is 25.8. The van der Waals surface area contributed by atoms with Crippen molar-refractivity contribution in [3.8, 4) is 0 Å². The van der Waals surface area contributed by atoms with Crippen LogP contribution in [0.2, 0.25) is 0 Å². The Morgan fingerprint density at radius 2 is 1.55 bits per heavy atom. The summed E-state index contributed by atoms with van der Waals surface area (Å²) in [5, 5.41) is 2.45. The van der Waals surface area contributed by atoms with Gasteiger partial charge >= 0.3 is 5.97 Å². The Labute approximate surface area is 249 Å². The number of esters is 1. The molecule has 3 aromatic carbocycles. The summed E-state index contributed by atoms with van der Waals surface area (Å²) in [5.41, 5.74) is 7.22. The molecule has 0 saturated heterocycles. The van der Waals surface area contributed by atoms with Crippen LogP contribution in [-0.4, -0.2) is 21.2 Å². The first-order valence-corrected chi connectivity index (χ1v) is 15.7. The molecule has 0 amide bonds. The van der Waals surface area contributed by atoms with Crippen LogP contribution in [0.5, 0.6) is 0 Å². The maximum absolute atomic E-state index is 14.9. The predicted molar refractivity (Wildman–Crippen MR) is 171 cm³/mol. The second-order valence-corrected chi connectivity index (χ2v) is 13.3. The number of rotatable bonds is 5. The lowest BCUT2D eigenvalue weighted by molar-refractivity contribution is -0.162. The molecule has 7 rings (SSSR count). The van der Waals surface area contributed by atoms with E-state index < -0.39 is 0 Å². The van der Waals surface area contributed by atoms with Gasteiger partial charge in [-0.2, -0.15) is 0 Å². The van der Waals surface area contributed by atoms with Crippen LogP contribution >= 0.6 is 0 Å². The van der Waals surface area contributed by atoms with Crippen molar-refractivity contribution in [2.75, 3.05) is 0 Å². The summed E-state index contributed by atoms with van der Waals surface area (Å²) in [7, 11) is 2.11. The summed E-state index contributed by atoms with van der Waals surface area (Å²) in [6.07, 6.45) is 5.49. The Hall–Kier alpha value is -3.79. The number of ether oxygens (including phenoxy) is 1. The number of carbonyl (C=O) groups excluding carboxylic acids is 1. The Morgan fingerprint density at radius 1 is 0.881 bits per heavy atom. The zero-order valence-electron chi connectivity index (χ0n) is 25.5. The lowest BCUT2D eigenvalue weighted by Crippen LogP contribution is -2.39. The number of hydrogen-bond donors (Lipinski definition) is 0. The SMILES string of the molecule is Cc1c2n(c3ccccc13)[C@@H](c1cn(C)c3ccccc13)[C@H](C(=O)O[C@@H]1C[C@H](C)CC[C@H]1C(C)C)[C@H]2c1ccccc1. The average molecular weight is 559 g/mol. The molecule has 1 fully saturated rings. The summed E-state index contributed by atoms with van der Waals surface area (Å²) in [5.74, 6) is 0.922. The van der Waals surface area contributed by atoms with Crippen molar-refractivity contribution in [2.45, 2.75) is 65.0 Å². The molecule has 2 aliphatic rings. The highest BCUT2D eigenvalue weighted by Crippen LogP contribution is 2.54. The van der Waals surface area contributed by atoms with E-state index in [1.54, 1.807) is 0 Å². The molecule has 42 heavy (non-hydrogen) atoms. The molecule has 1 aliphatic heterocycles. The maximum Gasteiger partial charge on any atom is 0.312 e. The third-order valence-corrected chi connectivity index (χ3v) is 10.4. The number of carbonyl (C=O) groups is 1. The van der Waals surface area contributed by atoms with E-state index in [0.717, 1.165) is 12.8 Å². The zero-order valence-corrected chi connectivity index (χ0v) is 25.5. The molecular weight excluding hydrogens is 516 g/mol. The topological polar surface area (TPSA) is 36.2 Å². The van der Waals surface area contributed by atoms with Gasteiger partial charge in [0.15, 0.2) is 0 Å². The number of aryl methyl sites for hydroxylation is 2. The van der Waals surface area contributed by atoms with Gasteiger partial charge < -0.3 is 13.9 Å². The fourth-order valence-electron chi connectivity index (χ4n) is 8.35. The quantitative estimate of drug-likeness (QED) is 0.202. The van der Waals surface area contributed by atoms with Gasteiger partial charge in [-0.05, 0) is 60.8 Å². The summed E-state index contributed by atoms with van der Waals surface area (Å²) >= 11 is 0. The lowest BCUT2D eigenvalue weighted by Gasteiger charge is -2.38. The summed E-state index contributed by atoms with van der Waals surface area (Å²) in [6.45, 7) is 9.10. The minimum atomic E-state index is -0.374. The van der Waals surface area contributed by atoms with Gasteiger partial charge in [-0.3, -0.25) is 4.79 Å². The Morgan fingerprint density at radius 3 is 2.29 bits per heavy atom. The number of aromatic nitrogens is 2. The van der Waals surface area contributed by atoms with Gasteiger partial charge in [-0.25, -0.2) is 0 Å². The first kappa shape index (κ1) is 27.1. The summed E-state index contributed by atoms with van der Waals surface area (Å²) in [4.78, 5) is 14.9. The fourth-order valence-corrected chi connectivity index (χ4v) is 8.35. The summed E-state index contributed by atoms with van der Waals surface area (Å²) < 4.78 is 11.4. The molecule has 0 spiro atoms. The second kappa shape index (κ2) is 10.5. The first-order chi connectivity index (χ1) is 20.3. The monoisotopic (exact) mass is 558 g/mol. The predicted octanol–water partition coefficient (Wildman–Crippen LogP) is 8.80. The zero-order chi connectivity index (χ0) is 29.1. The molecule has 1 saturated carbocycles. The Bertz CT molecular complexity index is 1760. The van der Waals surface area contributed by atoms with Gasteiger partial charge in [-0.1, -0.05) is 93.9 Å². The van der Waals surface area contributed by atoms with Crippen LogP contribution in [0.3, 0.4) is 0 Å². The number of hydrogen-bond acceptors (Lipinski definition) is 2. The molecule has 6 atom stereocenters. The fraction of sp³-hybridized carbons (Fsp3) is 0.395.